The minimum Gasteiger partial charge on any atom is -0.497 e. The minimum atomic E-state index is -0.416. The molecule has 0 aliphatic rings. The number of carbonyl (C=O) groups excluding carboxylic acids is 1. The van der Waals surface area contributed by atoms with Crippen LogP contribution in [0.1, 0.15) is 18.1 Å². The monoisotopic (exact) mass is 413 g/mol. The molecule has 0 aliphatic carbocycles. The van der Waals surface area contributed by atoms with Crippen LogP contribution in [0.3, 0.4) is 0 Å². The number of methoxy groups -OCH3 is 2. The number of amides is 1. The molecule has 8 heteroatoms. The van der Waals surface area contributed by atoms with Crippen molar-refractivity contribution in [2.75, 3.05) is 19.5 Å². The number of carbonyl (C=O) groups is 1. The summed E-state index contributed by atoms with van der Waals surface area (Å²) in [5, 5.41) is 11.0. The van der Waals surface area contributed by atoms with E-state index in [0.717, 1.165) is 16.8 Å². The fourth-order valence-corrected chi connectivity index (χ4v) is 3.33. The number of hydrogen-bond donors (Lipinski definition) is 1. The van der Waals surface area contributed by atoms with Crippen LogP contribution in [-0.4, -0.2) is 35.6 Å². The lowest BCUT2D eigenvalue weighted by molar-refractivity contribution is -0.115. The van der Waals surface area contributed by atoms with Gasteiger partial charge in [-0.1, -0.05) is 23.9 Å². The molecule has 152 valence electrons. The van der Waals surface area contributed by atoms with Crippen molar-refractivity contribution in [2.45, 2.75) is 31.2 Å². The van der Waals surface area contributed by atoms with Crippen molar-refractivity contribution in [1.82, 2.24) is 10.2 Å². The molecule has 0 bridgehead atoms. The molecular formula is C21H23N3O4S. The average molecular weight is 413 g/mol. The van der Waals surface area contributed by atoms with Gasteiger partial charge in [-0.3, -0.25) is 4.79 Å². The molecule has 0 radical (unpaired) electrons. The van der Waals surface area contributed by atoms with Gasteiger partial charge < -0.3 is 19.2 Å². The number of thioether (sulfide) groups is 1. The first-order valence-electron chi connectivity index (χ1n) is 9.02. The first-order chi connectivity index (χ1) is 13.9. The Morgan fingerprint density at radius 2 is 1.90 bits per heavy atom. The van der Waals surface area contributed by atoms with E-state index < -0.39 is 5.25 Å². The molecule has 3 rings (SSSR count). The second kappa shape index (κ2) is 9.00. The third kappa shape index (κ3) is 4.89. The summed E-state index contributed by atoms with van der Waals surface area (Å²) in [7, 11) is 3.14. The molecule has 2 aromatic carbocycles. The lowest BCUT2D eigenvalue weighted by Gasteiger charge is -2.12. The van der Waals surface area contributed by atoms with Gasteiger partial charge in [0.2, 0.25) is 5.91 Å². The highest BCUT2D eigenvalue weighted by Gasteiger charge is 2.20. The van der Waals surface area contributed by atoms with Crippen molar-refractivity contribution in [3.8, 4) is 23.0 Å². The normalized spacial score (nSPS) is 11.8. The topological polar surface area (TPSA) is 86.5 Å². The Kier molecular flexibility index (Phi) is 6.43. The van der Waals surface area contributed by atoms with Gasteiger partial charge in [0, 0.05) is 11.8 Å². The van der Waals surface area contributed by atoms with Crippen LogP contribution in [0.4, 0.5) is 5.69 Å². The summed E-state index contributed by atoms with van der Waals surface area (Å²) in [4.78, 5) is 12.6. The van der Waals surface area contributed by atoms with Gasteiger partial charge in [0.05, 0.1) is 25.0 Å². The second-order valence-electron chi connectivity index (χ2n) is 6.51. The maximum atomic E-state index is 12.6. The number of benzene rings is 2. The van der Waals surface area contributed by atoms with Crippen LogP contribution in [0.25, 0.3) is 11.5 Å². The molecule has 0 spiro atoms. The third-order valence-corrected chi connectivity index (χ3v) is 5.28. The summed E-state index contributed by atoms with van der Waals surface area (Å²) < 4.78 is 16.3. The van der Waals surface area contributed by atoms with E-state index in [-0.39, 0.29) is 5.91 Å². The summed E-state index contributed by atoms with van der Waals surface area (Å²) in [6, 6.07) is 11.3. The molecule has 1 atom stereocenters. The van der Waals surface area contributed by atoms with Crippen molar-refractivity contribution in [3.63, 3.8) is 0 Å². The number of aryl methyl sites for hydroxylation is 2. The number of nitrogens with zero attached hydrogens (tertiary/aromatic N) is 2. The zero-order valence-electron chi connectivity index (χ0n) is 17.0. The van der Waals surface area contributed by atoms with Crippen molar-refractivity contribution in [2.24, 2.45) is 0 Å². The molecule has 0 saturated carbocycles. The fourth-order valence-electron chi connectivity index (χ4n) is 2.65. The smallest absolute Gasteiger partial charge is 0.277 e. The van der Waals surface area contributed by atoms with Crippen LogP contribution in [0.5, 0.6) is 11.5 Å². The summed E-state index contributed by atoms with van der Waals surface area (Å²) in [5.74, 6) is 1.40. The highest BCUT2D eigenvalue weighted by atomic mass is 32.2. The maximum Gasteiger partial charge on any atom is 0.277 e. The van der Waals surface area contributed by atoms with Crippen LogP contribution in [0.2, 0.25) is 0 Å². The third-order valence-electron chi connectivity index (χ3n) is 4.34. The SMILES string of the molecule is COc1ccc(-c2nnc(S[C@H](C)C(=O)Nc3cc(C)ccc3C)o2)c(OC)c1. The van der Waals surface area contributed by atoms with Gasteiger partial charge in [-0.2, -0.15) is 0 Å². The van der Waals surface area contributed by atoms with Crippen LogP contribution in [0, 0.1) is 13.8 Å². The second-order valence-corrected chi connectivity index (χ2v) is 7.80. The highest BCUT2D eigenvalue weighted by molar-refractivity contribution is 8.00. The van der Waals surface area contributed by atoms with E-state index in [1.807, 2.05) is 32.0 Å². The molecule has 3 aromatic rings. The number of ether oxygens (including phenoxy) is 2. The Labute approximate surface area is 173 Å². The Morgan fingerprint density at radius 3 is 2.62 bits per heavy atom. The average Bonchev–Trinajstić information content (AvgIpc) is 3.18. The minimum absolute atomic E-state index is 0.134. The molecule has 1 heterocycles. The van der Waals surface area contributed by atoms with E-state index in [4.69, 9.17) is 13.9 Å². The number of rotatable bonds is 7. The Balaban J connectivity index is 1.71. The van der Waals surface area contributed by atoms with Gasteiger partial charge in [-0.25, -0.2) is 0 Å². The maximum absolute atomic E-state index is 12.6. The molecule has 7 nitrogen and oxygen atoms in total. The van der Waals surface area contributed by atoms with Crippen molar-refractivity contribution in [1.29, 1.82) is 0 Å². The van der Waals surface area contributed by atoms with E-state index >= 15 is 0 Å². The number of hydrogen-bond acceptors (Lipinski definition) is 7. The number of anilines is 1. The number of aromatic nitrogens is 2. The highest BCUT2D eigenvalue weighted by Crippen LogP contribution is 2.34. The quantitative estimate of drug-likeness (QED) is 0.571. The van der Waals surface area contributed by atoms with Gasteiger partial charge in [-0.05, 0) is 50.1 Å². The molecule has 0 aliphatic heterocycles. The first-order valence-corrected chi connectivity index (χ1v) is 9.90. The summed E-state index contributed by atoms with van der Waals surface area (Å²) in [6.45, 7) is 5.74. The summed E-state index contributed by atoms with van der Waals surface area (Å²) >= 11 is 1.20. The van der Waals surface area contributed by atoms with Gasteiger partial charge in [-0.15, -0.1) is 10.2 Å². The number of nitrogens with one attached hydrogen (secondary N) is 1. The Bertz CT molecular complexity index is 1020. The van der Waals surface area contributed by atoms with Crippen LogP contribution in [-0.2, 0) is 4.79 Å². The molecule has 1 N–H and O–H groups in total. The van der Waals surface area contributed by atoms with E-state index in [9.17, 15) is 4.79 Å². The molecule has 0 saturated heterocycles. The van der Waals surface area contributed by atoms with E-state index in [2.05, 4.69) is 15.5 Å². The molecule has 1 amide bonds. The fraction of sp³-hybridized carbons (Fsp3) is 0.286. The zero-order chi connectivity index (χ0) is 21.0. The van der Waals surface area contributed by atoms with Gasteiger partial charge in [0.15, 0.2) is 0 Å². The van der Waals surface area contributed by atoms with Crippen LogP contribution < -0.4 is 14.8 Å². The molecule has 1 aromatic heterocycles. The van der Waals surface area contributed by atoms with Gasteiger partial charge >= 0.3 is 0 Å². The molecule has 0 unspecified atom stereocenters. The van der Waals surface area contributed by atoms with Crippen molar-refractivity contribution >= 4 is 23.4 Å². The van der Waals surface area contributed by atoms with Crippen LogP contribution in [0.15, 0.2) is 46.0 Å². The summed E-state index contributed by atoms with van der Waals surface area (Å²) in [5.41, 5.74) is 3.55. The standard InChI is InChI=1S/C21H23N3O4S/c1-12-6-7-13(2)17(10-12)22-19(25)14(3)29-21-24-23-20(28-21)16-9-8-15(26-4)11-18(16)27-5/h6-11,14H,1-5H3,(H,22,25)/t14-/m1/s1. The first kappa shape index (κ1) is 20.7. The summed E-state index contributed by atoms with van der Waals surface area (Å²) in [6.07, 6.45) is 0. The van der Waals surface area contributed by atoms with Gasteiger partial charge in [0.1, 0.15) is 11.5 Å². The molecule has 0 fully saturated rings. The van der Waals surface area contributed by atoms with E-state index in [0.29, 0.717) is 28.2 Å². The van der Waals surface area contributed by atoms with E-state index in [1.165, 1.54) is 11.8 Å². The lowest BCUT2D eigenvalue weighted by Crippen LogP contribution is -2.22. The van der Waals surface area contributed by atoms with Crippen molar-refractivity contribution < 1.29 is 18.7 Å². The molecular weight excluding hydrogens is 390 g/mol. The predicted octanol–water partition coefficient (Wildman–Crippen LogP) is 4.49. The van der Waals surface area contributed by atoms with Crippen LogP contribution >= 0.6 is 11.8 Å². The van der Waals surface area contributed by atoms with E-state index in [1.54, 1.807) is 39.3 Å². The Hall–Kier alpha value is -3.00. The predicted molar refractivity (Wildman–Crippen MR) is 113 cm³/mol. The zero-order valence-corrected chi connectivity index (χ0v) is 17.8. The molecule has 29 heavy (non-hydrogen) atoms. The Morgan fingerprint density at radius 1 is 1.10 bits per heavy atom. The lowest BCUT2D eigenvalue weighted by atomic mass is 10.1. The largest absolute Gasteiger partial charge is 0.497 e. The van der Waals surface area contributed by atoms with Crippen molar-refractivity contribution in [3.05, 3.63) is 47.5 Å². The van der Waals surface area contributed by atoms with Gasteiger partial charge in [0.25, 0.3) is 11.1 Å².